The highest BCUT2D eigenvalue weighted by atomic mass is 19.1. The maximum Gasteiger partial charge on any atom is 0.244 e. The van der Waals surface area contributed by atoms with Gasteiger partial charge in [0.2, 0.25) is 11.8 Å². The lowest BCUT2D eigenvalue weighted by atomic mass is 10.2. The van der Waals surface area contributed by atoms with Crippen LogP contribution in [0.15, 0.2) is 60.9 Å². The van der Waals surface area contributed by atoms with Crippen LogP contribution in [0.25, 0.3) is 22.8 Å². The maximum absolute atomic E-state index is 13.5. The van der Waals surface area contributed by atoms with E-state index in [9.17, 15) is 13.6 Å². The van der Waals surface area contributed by atoms with Gasteiger partial charge in [-0.2, -0.15) is 0 Å². The lowest BCUT2D eigenvalue weighted by Gasteiger charge is -2.35. The summed E-state index contributed by atoms with van der Waals surface area (Å²) in [6, 6.07) is 13.4. The first-order valence-corrected chi connectivity index (χ1v) is 11.4. The SMILES string of the molecule is COc1cc(N2CCN(C(=O)Cn3nc(-c4ccc(F)cc4)nc3-c3ccc(F)cc3)CC2)ncn1. The minimum absolute atomic E-state index is 0.0395. The Hall–Kier alpha value is -4.41. The Morgan fingerprint density at radius 3 is 2.19 bits per heavy atom. The number of anilines is 1. The van der Waals surface area contributed by atoms with Crippen LogP contribution in [0, 0.1) is 11.6 Å². The van der Waals surface area contributed by atoms with Crippen LogP contribution in [-0.4, -0.2) is 68.8 Å². The number of ether oxygens (including phenoxy) is 1. The van der Waals surface area contributed by atoms with E-state index in [4.69, 9.17) is 4.74 Å². The number of hydrogen-bond acceptors (Lipinski definition) is 7. The summed E-state index contributed by atoms with van der Waals surface area (Å²) in [4.78, 5) is 29.9. The molecule has 0 atom stereocenters. The molecule has 0 N–H and O–H groups in total. The third kappa shape index (κ3) is 4.99. The number of aromatic nitrogens is 5. The Morgan fingerprint density at radius 2 is 1.56 bits per heavy atom. The fourth-order valence-corrected chi connectivity index (χ4v) is 4.01. The predicted molar refractivity (Wildman–Crippen MR) is 128 cm³/mol. The van der Waals surface area contributed by atoms with Crippen molar-refractivity contribution >= 4 is 11.7 Å². The molecule has 36 heavy (non-hydrogen) atoms. The molecule has 0 unspecified atom stereocenters. The molecule has 0 radical (unpaired) electrons. The van der Waals surface area contributed by atoms with E-state index in [-0.39, 0.29) is 24.1 Å². The van der Waals surface area contributed by atoms with Crippen molar-refractivity contribution in [1.82, 2.24) is 29.6 Å². The van der Waals surface area contributed by atoms with E-state index >= 15 is 0 Å². The summed E-state index contributed by atoms with van der Waals surface area (Å²) in [5, 5.41) is 4.53. The van der Waals surface area contributed by atoms with E-state index in [1.807, 2.05) is 0 Å². The zero-order valence-corrected chi connectivity index (χ0v) is 19.5. The third-order valence-electron chi connectivity index (χ3n) is 5.95. The first kappa shape index (κ1) is 23.3. The summed E-state index contributed by atoms with van der Waals surface area (Å²) >= 11 is 0. The molecule has 9 nitrogen and oxygen atoms in total. The van der Waals surface area contributed by atoms with Crippen molar-refractivity contribution in [3.05, 3.63) is 72.6 Å². The zero-order valence-electron chi connectivity index (χ0n) is 19.5. The molecule has 0 aliphatic carbocycles. The highest BCUT2D eigenvalue weighted by molar-refractivity contribution is 5.77. The number of methoxy groups -OCH3 is 1. The van der Waals surface area contributed by atoms with Crippen LogP contribution in [0.2, 0.25) is 0 Å². The first-order valence-electron chi connectivity index (χ1n) is 11.4. The van der Waals surface area contributed by atoms with Crippen molar-refractivity contribution in [3.8, 4) is 28.7 Å². The van der Waals surface area contributed by atoms with Crippen LogP contribution in [0.1, 0.15) is 0 Å². The smallest absolute Gasteiger partial charge is 0.244 e. The number of nitrogens with zero attached hydrogens (tertiary/aromatic N) is 7. The van der Waals surface area contributed by atoms with E-state index in [1.165, 1.54) is 35.3 Å². The second-order valence-corrected chi connectivity index (χ2v) is 8.22. The minimum atomic E-state index is -0.376. The number of carbonyl (C=O) groups is 1. The van der Waals surface area contributed by atoms with Crippen molar-refractivity contribution < 1.29 is 18.3 Å². The fourth-order valence-electron chi connectivity index (χ4n) is 4.01. The summed E-state index contributed by atoms with van der Waals surface area (Å²) in [7, 11) is 1.55. The normalized spacial score (nSPS) is 13.6. The molecule has 1 amide bonds. The van der Waals surface area contributed by atoms with Gasteiger partial charge in [-0.05, 0) is 48.5 Å². The molecule has 5 rings (SSSR count). The minimum Gasteiger partial charge on any atom is -0.481 e. The second kappa shape index (κ2) is 10.1. The quantitative estimate of drug-likeness (QED) is 0.410. The molecule has 184 valence electrons. The van der Waals surface area contributed by atoms with Crippen molar-refractivity contribution in [2.75, 3.05) is 38.2 Å². The number of amides is 1. The van der Waals surface area contributed by atoms with E-state index in [2.05, 4.69) is 25.0 Å². The number of piperazine rings is 1. The van der Waals surface area contributed by atoms with Gasteiger partial charge in [0, 0.05) is 43.4 Å². The van der Waals surface area contributed by atoms with Gasteiger partial charge in [0.1, 0.15) is 30.3 Å². The van der Waals surface area contributed by atoms with Gasteiger partial charge in [0.25, 0.3) is 0 Å². The van der Waals surface area contributed by atoms with E-state index < -0.39 is 0 Å². The molecule has 11 heteroatoms. The van der Waals surface area contributed by atoms with Gasteiger partial charge in [0.15, 0.2) is 11.6 Å². The summed E-state index contributed by atoms with van der Waals surface area (Å²) in [6.07, 6.45) is 1.45. The molecule has 2 aromatic heterocycles. The number of carbonyl (C=O) groups excluding carboxylic acids is 1. The van der Waals surface area contributed by atoms with Crippen molar-refractivity contribution in [3.63, 3.8) is 0 Å². The van der Waals surface area contributed by atoms with Crippen LogP contribution in [-0.2, 0) is 11.3 Å². The van der Waals surface area contributed by atoms with Crippen LogP contribution < -0.4 is 9.64 Å². The molecule has 1 aliphatic heterocycles. The molecule has 1 aliphatic rings. The van der Waals surface area contributed by atoms with E-state index in [0.717, 1.165) is 5.82 Å². The van der Waals surface area contributed by atoms with E-state index in [0.29, 0.717) is 54.8 Å². The lowest BCUT2D eigenvalue weighted by Crippen LogP contribution is -2.50. The summed E-state index contributed by atoms with van der Waals surface area (Å²) in [5.41, 5.74) is 1.23. The van der Waals surface area contributed by atoms with Crippen molar-refractivity contribution in [2.45, 2.75) is 6.54 Å². The van der Waals surface area contributed by atoms with Gasteiger partial charge < -0.3 is 14.5 Å². The average molecular weight is 492 g/mol. The molecule has 3 heterocycles. The number of halogens is 2. The Labute approximate surface area is 206 Å². The Kier molecular flexibility index (Phi) is 6.52. The molecule has 4 aromatic rings. The summed E-state index contributed by atoms with van der Waals surface area (Å²) in [5.74, 6) is 1.14. The number of rotatable bonds is 6. The van der Waals surface area contributed by atoms with Gasteiger partial charge >= 0.3 is 0 Å². The van der Waals surface area contributed by atoms with Crippen LogP contribution in [0.5, 0.6) is 5.88 Å². The van der Waals surface area contributed by atoms with Crippen LogP contribution >= 0.6 is 0 Å². The molecule has 0 spiro atoms. The van der Waals surface area contributed by atoms with Gasteiger partial charge in [-0.25, -0.2) is 28.4 Å². The van der Waals surface area contributed by atoms with Gasteiger partial charge in [0.05, 0.1) is 7.11 Å². The lowest BCUT2D eigenvalue weighted by molar-refractivity contribution is -0.132. The topological polar surface area (TPSA) is 89.3 Å². The molecule has 0 saturated carbocycles. The molecule has 2 aromatic carbocycles. The van der Waals surface area contributed by atoms with Crippen molar-refractivity contribution in [2.24, 2.45) is 0 Å². The largest absolute Gasteiger partial charge is 0.481 e. The first-order chi connectivity index (χ1) is 17.5. The zero-order chi connectivity index (χ0) is 25.1. The maximum atomic E-state index is 13.5. The molecule has 1 fully saturated rings. The molecule has 1 saturated heterocycles. The van der Waals surface area contributed by atoms with E-state index in [1.54, 1.807) is 42.3 Å². The average Bonchev–Trinajstić information content (AvgIpc) is 3.33. The van der Waals surface area contributed by atoms with Crippen LogP contribution in [0.4, 0.5) is 14.6 Å². The third-order valence-corrected chi connectivity index (χ3v) is 5.95. The Morgan fingerprint density at radius 1 is 0.917 bits per heavy atom. The Bertz CT molecular complexity index is 1350. The Balaban J connectivity index is 1.34. The van der Waals surface area contributed by atoms with Gasteiger partial charge in [-0.3, -0.25) is 4.79 Å². The molecule has 0 bridgehead atoms. The van der Waals surface area contributed by atoms with Crippen molar-refractivity contribution in [1.29, 1.82) is 0 Å². The highest BCUT2D eigenvalue weighted by Crippen LogP contribution is 2.24. The number of hydrogen-bond donors (Lipinski definition) is 0. The predicted octanol–water partition coefficient (Wildman–Crippen LogP) is 3.04. The second-order valence-electron chi connectivity index (χ2n) is 8.22. The van der Waals surface area contributed by atoms with Gasteiger partial charge in [-0.1, -0.05) is 0 Å². The summed E-state index contributed by atoms with van der Waals surface area (Å²) < 4.78 is 33.6. The fraction of sp³-hybridized carbons (Fsp3) is 0.240. The highest BCUT2D eigenvalue weighted by Gasteiger charge is 2.24. The molecular formula is C25H23F2N7O2. The van der Waals surface area contributed by atoms with Gasteiger partial charge in [-0.15, -0.1) is 5.10 Å². The molecular weight excluding hydrogens is 468 g/mol. The monoisotopic (exact) mass is 491 g/mol. The van der Waals surface area contributed by atoms with Crippen LogP contribution in [0.3, 0.4) is 0 Å². The standard InChI is InChI=1S/C25H23F2N7O2/c1-36-22-14-21(28-16-29-22)32-10-12-33(13-11-32)23(35)15-34-25(18-4-8-20(27)9-5-18)30-24(31-34)17-2-6-19(26)7-3-17/h2-9,14,16H,10-13,15H2,1H3. The summed E-state index contributed by atoms with van der Waals surface area (Å²) in [6.45, 7) is 2.19. The number of benzene rings is 2.